The molecule has 0 aliphatic carbocycles. The molecule has 0 aliphatic heterocycles. The molecule has 0 N–H and O–H groups in total. The van der Waals surface area contributed by atoms with Crippen LogP contribution in [0.3, 0.4) is 0 Å². The van der Waals surface area contributed by atoms with E-state index < -0.39 is 0 Å². The summed E-state index contributed by atoms with van der Waals surface area (Å²) in [5.41, 5.74) is 17.7. The van der Waals surface area contributed by atoms with Gasteiger partial charge in [-0.15, -0.1) is 0 Å². The Labute approximate surface area is 459 Å². The predicted octanol–water partition coefficient (Wildman–Crippen LogP) is 19.0. The Morgan fingerprint density at radius 1 is 0.212 bits per heavy atom. The molecule has 0 bridgehead atoms. The smallest absolute Gasteiger partial charge is 0.160 e. The van der Waals surface area contributed by atoms with E-state index in [1.165, 1.54) is 43.1 Å². The van der Waals surface area contributed by atoms with E-state index in [9.17, 15) is 0 Å². The highest BCUT2D eigenvalue weighted by Gasteiger charge is 2.22. The van der Waals surface area contributed by atoms with E-state index >= 15 is 0 Å². The van der Waals surface area contributed by atoms with Gasteiger partial charge in [0.2, 0.25) is 0 Å². The Bertz CT molecular complexity index is 4620. The molecule has 17 aromatic rings. The molecule has 5 heterocycles. The highest BCUT2D eigenvalue weighted by atomic mass is 15.0. The second-order valence-electron chi connectivity index (χ2n) is 20.9. The summed E-state index contributed by atoms with van der Waals surface area (Å²) in [6.45, 7) is 0. The van der Waals surface area contributed by atoms with Crippen LogP contribution in [-0.4, -0.2) is 28.2 Å². The van der Waals surface area contributed by atoms with E-state index in [1.54, 1.807) is 0 Å². The van der Waals surface area contributed by atoms with Crippen LogP contribution >= 0.6 is 0 Å². The van der Waals surface area contributed by atoms with E-state index in [1.807, 2.05) is 0 Å². The minimum atomic E-state index is 0.621. The van der Waals surface area contributed by atoms with E-state index in [4.69, 9.17) is 9.97 Å². The average molecular weight is 1020 g/mol. The van der Waals surface area contributed by atoms with Crippen molar-refractivity contribution in [1.29, 1.82) is 0 Å². The fourth-order valence-electron chi connectivity index (χ4n) is 13.1. The Balaban J connectivity index is 0.989. The van der Waals surface area contributed by atoms with Gasteiger partial charge in [-0.1, -0.05) is 188 Å². The normalized spacial score (nSPS) is 12.0. The summed E-state index contributed by atoms with van der Waals surface area (Å²) in [7, 11) is 0. The van der Waals surface area contributed by atoms with Crippen molar-refractivity contribution in [3.63, 3.8) is 0 Å². The summed E-state index contributed by atoms with van der Waals surface area (Å²) in [4.78, 5) is 11.5. The molecule has 0 atom stereocenters. The number of aromatic nitrogens is 6. The van der Waals surface area contributed by atoms with Gasteiger partial charge >= 0.3 is 0 Å². The zero-order chi connectivity index (χ0) is 52.4. The molecule has 17 rings (SSSR count). The minimum absolute atomic E-state index is 0.621. The van der Waals surface area contributed by atoms with Crippen molar-refractivity contribution >= 4 is 98.0 Å². The molecule has 5 aromatic heterocycles. The van der Waals surface area contributed by atoms with Gasteiger partial charge in [-0.3, -0.25) is 0 Å². The first-order chi connectivity index (χ1) is 39.7. The molecule has 0 saturated heterocycles. The molecule has 0 fully saturated rings. The monoisotopic (exact) mass is 1020 g/mol. The zero-order valence-electron chi connectivity index (χ0n) is 43.2. The number of fused-ring (bicyclic) bond motifs is 13. The zero-order valence-corrected chi connectivity index (χ0v) is 43.2. The van der Waals surface area contributed by atoms with Gasteiger partial charge < -0.3 is 18.3 Å². The van der Waals surface area contributed by atoms with E-state index in [2.05, 4.69) is 297 Å². The van der Waals surface area contributed by atoms with Gasteiger partial charge in [-0.25, -0.2) is 9.97 Å². The van der Waals surface area contributed by atoms with Gasteiger partial charge in [0, 0.05) is 82.5 Å². The fraction of sp³-hybridized carbons (Fsp3) is 0. The molecule has 0 unspecified atom stereocenters. The summed E-state index contributed by atoms with van der Waals surface area (Å²) in [5.74, 6) is 0.621. The molecule has 6 nitrogen and oxygen atoms in total. The summed E-state index contributed by atoms with van der Waals surface area (Å²) in [6.07, 6.45) is 0. The van der Waals surface area contributed by atoms with Gasteiger partial charge in [0.25, 0.3) is 0 Å². The second-order valence-corrected chi connectivity index (χ2v) is 20.9. The SMILES string of the molecule is c1ccc2c(-c3cc(-c4cc(-n5c6ccccc6c6ccccc65)cc(-n5c6ccccc6c6ccccc65)c4)nc(-c4cc(-n5c6ccccc6c6ccccc65)cc(-n5c6ccccc6c6ccccc65)c4)n3)cccc2c1. The molecule has 6 heteroatoms. The summed E-state index contributed by atoms with van der Waals surface area (Å²) in [5, 5.41) is 11.9. The van der Waals surface area contributed by atoms with Gasteiger partial charge in [0.05, 0.1) is 55.5 Å². The minimum Gasteiger partial charge on any atom is -0.309 e. The molecular weight excluding hydrogens is 973 g/mol. The second kappa shape index (κ2) is 17.3. The van der Waals surface area contributed by atoms with Crippen LogP contribution in [0.5, 0.6) is 0 Å². The fourth-order valence-corrected chi connectivity index (χ4v) is 13.1. The molecule has 0 aliphatic rings. The van der Waals surface area contributed by atoms with Crippen LogP contribution in [0.2, 0.25) is 0 Å². The Kier molecular flexibility index (Phi) is 9.61. The van der Waals surface area contributed by atoms with Crippen molar-refractivity contribution in [1.82, 2.24) is 28.2 Å². The van der Waals surface area contributed by atoms with E-state index in [0.29, 0.717) is 5.82 Å². The van der Waals surface area contributed by atoms with Crippen molar-refractivity contribution in [2.24, 2.45) is 0 Å². The maximum atomic E-state index is 5.82. The van der Waals surface area contributed by atoms with E-state index in [0.717, 1.165) is 106 Å². The highest BCUT2D eigenvalue weighted by molar-refractivity contribution is 6.13. The lowest BCUT2D eigenvalue weighted by Gasteiger charge is -2.18. The predicted molar refractivity (Wildman–Crippen MR) is 333 cm³/mol. The number of nitrogens with zero attached hydrogens (tertiary/aromatic N) is 6. The molecule has 0 radical (unpaired) electrons. The van der Waals surface area contributed by atoms with Crippen LogP contribution in [-0.2, 0) is 0 Å². The quantitative estimate of drug-likeness (QED) is 0.160. The van der Waals surface area contributed by atoms with Gasteiger partial charge in [0.1, 0.15) is 0 Å². The molecule has 372 valence electrons. The van der Waals surface area contributed by atoms with Crippen LogP contribution in [0, 0.1) is 0 Å². The molecule has 80 heavy (non-hydrogen) atoms. The summed E-state index contributed by atoms with van der Waals surface area (Å²) < 4.78 is 9.67. The molecule has 0 saturated carbocycles. The van der Waals surface area contributed by atoms with Crippen LogP contribution < -0.4 is 0 Å². The summed E-state index contributed by atoms with van der Waals surface area (Å²) in [6, 6.07) is 101. The third-order valence-corrected chi connectivity index (χ3v) is 16.5. The lowest BCUT2D eigenvalue weighted by atomic mass is 10.00. The third-order valence-electron chi connectivity index (χ3n) is 16.5. The van der Waals surface area contributed by atoms with Crippen LogP contribution in [0.1, 0.15) is 0 Å². The van der Waals surface area contributed by atoms with Crippen LogP contribution in [0.25, 0.3) is 155 Å². The Morgan fingerprint density at radius 2 is 0.487 bits per heavy atom. The lowest BCUT2D eigenvalue weighted by Crippen LogP contribution is -2.03. The number of rotatable bonds is 7. The number of benzene rings is 12. The number of hydrogen-bond acceptors (Lipinski definition) is 2. The highest BCUT2D eigenvalue weighted by Crippen LogP contribution is 2.42. The maximum absolute atomic E-state index is 5.82. The van der Waals surface area contributed by atoms with Crippen molar-refractivity contribution in [2.75, 3.05) is 0 Å². The first-order valence-corrected chi connectivity index (χ1v) is 27.3. The largest absolute Gasteiger partial charge is 0.309 e. The molecular formula is C74H46N6. The molecule has 12 aromatic carbocycles. The first kappa shape index (κ1) is 44.3. The van der Waals surface area contributed by atoms with E-state index in [-0.39, 0.29) is 0 Å². The van der Waals surface area contributed by atoms with Gasteiger partial charge in [0.15, 0.2) is 5.82 Å². The average Bonchev–Trinajstić information content (AvgIpc) is 4.31. The standard InChI is InChI=1S/C74H46N6/c1-2-22-54-47(20-1)21-19-31-55(54)65-46-64(48-40-50(77-66-32-11-3-23-56(66)57-24-4-12-33-67(57)77)44-51(41-48)78-68-34-13-5-25-58(68)59-26-6-14-35-69(59)78)75-74(76-65)49-42-52(79-70-36-15-7-27-60(70)61-28-8-16-37-71(61)79)45-53(43-49)80-72-38-17-9-29-62(72)63-30-10-18-39-73(63)80/h1-46H. The topological polar surface area (TPSA) is 45.5 Å². The Morgan fingerprint density at radius 3 is 0.838 bits per heavy atom. The maximum Gasteiger partial charge on any atom is 0.160 e. The van der Waals surface area contributed by atoms with Crippen molar-refractivity contribution in [3.05, 3.63) is 279 Å². The van der Waals surface area contributed by atoms with Crippen molar-refractivity contribution < 1.29 is 0 Å². The molecule has 0 spiro atoms. The third kappa shape index (κ3) is 6.66. The summed E-state index contributed by atoms with van der Waals surface area (Å²) >= 11 is 0. The first-order valence-electron chi connectivity index (χ1n) is 27.3. The van der Waals surface area contributed by atoms with Crippen LogP contribution in [0.15, 0.2) is 279 Å². The van der Waals surface area contributed by atoms with Crippen molar-refractivity contribution in [2.45, 2.75) is 0 Å². The molecule has 0 amide bonds. The van der Waals surface area contributed by atoms with Gasteiger partial charge in [-0.2, -0.15) is 0 Å². The number of hydrogen-bond donors (Lipinski definition) is 0. The van der Waals surface area contributed by atoms with Crippen molar-refractivity contribution in [3.8, 4) is 56.7 Å². The number of para-hydroxylation sites is 8. The Hall–Kier alpha value is -10.8. The van der Waals surface area contributed by atoms with Crippen LogP contribution in [0.4, 0.5) is 0 Å². The van der Waals surface area contributed by atoms with Gasteiger partial charge in [-0.05, 0) is 102 Å². The lowest BCUT2D eigenvalue weighted by molar-refractivity contribution is 1.12.